The van der Waals surface area contributed by atoms with Crippen LogP contribution >= 0.6 is 24.0 Å². The summed E-state index contributed by atoms with van der Waals surface area (Å²) in [6.45, 7) is 6.96. The van der Waals surface area contributed by atoms with Crippen LogP contribution in [0.5, 0.6) is 5.88 Å². The number of nitrogens with one attached hydrogen (secondary N) is 2. The lowest BCUT2D eigenvalue weighted by atomic mass is 10.1. The Kier molecular flexibility index (Phi) is 11.4. The molecule has 5 nitrogen and oxygen atoms in total. The molecule has 6 heteroatoms. The minimum Gasteiger partial charge on any atom is -0.478 e. The number of aliphatic imine (C=N–C) groups is 1. The second kappa shape index (κ2) is 13.4. The standard InChI is InChI=1S/C20H28N4O.HI/c1-3-21-20(23-13-8-11-17-9-6-5-7-10-17)24-16-18-12-14-22-19(15-18)25-4-2;/h5-7,9-10,12,14-15H,3-4,8,11,13,16H2,1-2H3,(H2,21,23,24);1H. The van der Waals surface area contributed by atoms with Crippen LogP contribution in [0.1, 0.15) is 31.4 Å². The van der Waals surface area contributed by atoms with E-state index in [1.165, 1.54) is 5.56 Å². The van der Waals surface area contributed by atoms with Gasteiger partial charge >= 0.3 is 0 Å². The van der Waals surface area contributed by atoms with Crippen molar-refractivity contribution >= 4 is 29.9 Å². The molecule has 0 saturated carbocycles. The van der Waals surface area contributed by atoms with Crippen LogP contribution in [0.4, 0.5) is 0 Å². The van der Waals surface area contributed by atoms with E-state index in [0.717, 1.165) is 37.5 Å². The summed E-state index contributed by atoms with van der Waals surface area (Å²) < 4.78 is 5.43. The van der Waals surface area contributed by atoms with Crippen molar-refractivity contribution in [2.24, 2.45) is 4.99 Å². The number of rotatable bonds is 9. The van der Waals surface area contributed by atoms with E-state index in [1.54, 1.807) is 6.20 Å². The van der Waals surface area contributed by atoms with Gasteiger partial charge in [0.25, 0.3) is 0 Å². The molecule has 0 aliphatic carbocycles. The Balaban J connectivity index is 0.00000338. The highest BCUT2D eigenvalue weighted by atomic mass is 127. The minimum atomic E-state index is 0. The van der Waals surface area contributed by atoms with Gasteiger partial charge < -0.3 is 15.4 Å². The zero-order valence-electron chi connectivity index (χ0n) is 15.6. The number of hydrogen-bond acceptors (Lipinski definition) is 3. The average molecular weight is 468 g/mol. The van der Waals surface area contributed by atoms with Crippen molar-refractivity contribution in [3.63, 3.8) is 0 Å². The molecule has 0 radical (unpaired) electrons. The van der Waals surface area contributed by atoms with Crippen LogP contribution in [0.25, 0.3) is 0 Å². The summed E-state index contributed by atoms with van der Waals surface area (Å²) in [5, 5.41) is 6.68. The molecule has 0 amide bonds. The molecular formula is C20H29IN4O. The van der Waals surface area contributed by atoms with Gasteiger partial charge in [-0.05, 0) is 43.9 Å². The number of hydrogen-bond donors (Lipinski definition) is 2. The van der Waals surface area contributed by atoms with Crippen LogP contribution in [-0.2, 0) is 13.0 Å². The Morgan fingerprint density at radius 3 is 2.62 bits per heavy atom. The molecular weight excluding hydrogens is 439 g/mol. The molecule has 1 heterocycles. The third-order valence-electron chi connectivity index (χ3n) is 3.63. The molecule has 0 bridgehead atoms. The highest BCUT2D eigenvalue weighted by Crippen LogP contribution is 2.10. The second-order valence-corrected chi connectivity index (χ2v) is 5.65. The molecule has 2 aromatic rings. The topological polar surface area (TPSA) is 58.5 Å². The normalized spacial score (nSPS) is 10.8. The number of pyridine rings is 1. The number of benzene rings is 1. The maximum atomic E-state index is 5.43. The van der Waals surface area contributed by atoms with E-state index in [0.29, 0.717) is 19.0 Å². The fourth-order valence-electron chi connectivity index (χ4n) is 2.43. The molecule has 1 aromatic heterocycles. The number of guanidine groups is 1. The molecule has 0 unspecified atom stereocenters. The Labute approximate surface area is 173 Å². The van der Waals surface area contributed by atoms with Crippen LogP contribution < -0.4 is 15.4 Å². The summed E-state index contributed by atoms with van der Waals surface area (Å²) in [6.07, 6.45) is 3.89. The first-order valence-corrected chi connectivity index (χ1v) is 8.95. The van der Waals surface area contributed by atoms with Crippen LogP contribution in [-0.4, -0.2) is 30.6 Å². The summed E-state index contributed by atoms with van der Waals surface area (Å²) in [4.78, 5) is 8.82. The number of aromatic nitrogens is 1. The Morgan fingerprint density at radius 1 is 1.08 bits per heavy atom. The van der Waals surface area contributed by atoms with Crippen molar-refractivity contribution in [2.45, 2.75) is 33.2 Å². The lowest BCUT2D eigenvalue weighted by Crippen LogP contribution is -2.37. The van der Waals surface area contributed by atoms with Crippen LogP contribution in [0.2, 0.25) is 0 Å². The van der Waals surface area contributed by atoms with E-state index in [9.17, 15) is 0 Å². The first-order valence-electron chi connectivity index (χ1n) is 8.95. The van der Waals surface area contributed by atoms with Crippen molar-refractivity contribution < 1.29 is 4.74 Å². The Bertz CT molecular complexity index is 649. The van der Waals surface area contributed by atoms with Crippen molar-refractivity contribution in [3.8, 4) is 5.88 Å². The van der Waals surface area contributed by atoms with Crippen LogP contribution in [0.15, 0.2) is 53.7 Å². The summed E-state index contributed by atoms with van der Waals surface area (Å²) in [5.41, 5.74) is 2.45. The van der Waals surface area contributed by atoms with Crippen molar-refractivity contribution in [1.29, 1.82) is 0 Å². The Morgan fingerprint density at radius 2 is 1.88 bits per heavy atom. The molecule has 0 fully saturated rings. The molecule has 0 spiro atoms. The third-order valence-corrected chi connectivity index (χ3v) is 3.63. The van der Waals surface area contributed by atoms with Gasteiger partial charge in [-0.3, -0.25) is 0 Å². The smallest absolute Gasteiger partial charge is 0.213 e. The fourth-order valence-corrected chi connectivity index (χ4v) is 2.43. The van der Waals surface area contributed by atoms with Gasteiger partial charge in [0, 0.05) is 25.4 Å². The summed E-state index contributed by atoms with van der Waals surface area (Å²) in [7, 11) is 0. The predicted octanol–water partition coefficient (Wildman–Crippen LogP) is 3.79. The third kappa shape index (κ3) is 8.51. The number of aryl methyl sites for hydroxylation is 1. The van der Waals surface area contributed by atoms with Gasteiger partial charge in [-0.1, -0.05) is 30.3 Å². The highest BCUT2D eigenvalue weighted by Gasteiger charge is 2.00. The van der Waals surface area contributed by atoms with Crippen molar-refractivity contribution in [1.82, 2.24) is 15.6 Å². The second-order valence-electron chi connectivity index (χ2n) is 5.65. The van der Waals surface area contributed by atoms with Gasteiger partial charge in [-0.2, -0.15) is 0 Å². The number of halogens is 1. The molecule has 0 aliphatic heterocycles. The van der Waals surface area contributed by atoms with Gasteiger partial charge in [-0.15, -0.1) is 24.0 Å². The van der Waals surface area contributed by atoms with Gasteiger partial charge in [0.15, 0.2) is 5.96 Å². The largest absolute Gasteiger partial charge is 0.478 e. The SMILES string of the molecule is CCNC(=NCc1ccnc(OCC)c1)NCCCc1ccccc1.I. The van der Waals surface area contributed by atoms with Crippen molar-refractivity contribution in [2.75, 3.05) is 19.7 Å². The maximum Gasteiger partial charge on any atom is 0.213 e. The molecule has 26 heavy (non-hydrogen) atoms. The van der Waals surface area contributed by atoms with E-state index < -0.39 is 0 Å². The molecule has 0 atom stereocenters. The summed E-state index contributed by atoms with van der Waals surface area (Å²) in [5.74, 6) is 1.49. The summed E-state index contributed by atoms with van der Waals surface area (Å²) >= 11 is 0. The maximum absolute atomic E-state index is 5.43. The van der Waals surface area contributed by atoms with E-state index in [1.807, 2.05) is 25.1 Å². The van der Waals surface area contributed by atoms with E-state index in [2.05, 4.69) is 51.8 Å². The Hall–Kier alpha value is -1.83. The fraction of sp³-hybridized carbons (Fsp3) is 0.400. The van der Waals surface area contributed by atoms with Gasteiger partial charge in [0.1, 0.15) is 0 Å². The number of ether oxygens (including phenoxy) is 1. The molecule has 1 aromatic carbocycles. The molecule has 0 aliphatic rings. The monoisotopic (exact) mass is 468 g/mol. The highest BCUT2D eigenvalue weighted by molar-refractivity contribution is 14.0. The van der Waals surface area contributed by atoms with Crippen LogP contribution in [0.3, 0.4) is 0 Å². The first-order chi connectivity index (χ1) is 12.3. The zero-order chi connectivity index (χ0) is 17.7. The minimum absolute atomic E-state index is 0. The molecule has 142 valence electrons. The molecule has 2 N–H and O–H groups in total. The van der Waals surface area contributed by atoms with E-state index in [4.69, 9.17) is 4.74 Å². The first kappa shape index (κ1) is 22.2. The lowest BCUT2D eigenvalue weighted by Gasteiger charge is -2.11. The molecule has 0 saturated heterocycles. The average Bonchev–Trinajstić information content (AvgIpc) is 2.64. The van der Waals surface area contributed by atoms with E-state index in [-0.39, 0.29) is 24.0 Å². The lowest BCUT2D eigenvalue weighted by molar-refractivity contribution is 0.326. The summed E-state index contributed by atoms with van der Waals surface area (Å²) in [6, 6.07) is 14.4. The predicted molar refractivity (Wildman–Crippen MR) is 118 cm³/mol. The van der Waals surface area contributed by atoms with Gasteiger partial charge in [-0.25, -0.2) is 9.98 Å². The van der Waals surface area contributed by atoms with Gasteiger partial charge in [0.05, 0.1) is 13.2 Å². The van der Waals surface area contributed by atoms with E-state index >= 15 is 0 Å². The van der Waals surface area contributed by atoms with Crippen LogP contribution in [0, 0.1) is 0 Å². The zero-order valence-corrected chi connectivity index (χ0v) is 17.9. The van der Waals surface area contributed by atoms with Crippen molar-refractivity contribution in [3.05, 3.63) is 59.8 Å². The number of nitrogens with zero attached hydrogens (tertiary/aromatic N) is 2. The molecule has 2 rings (SSSR count). The quantitative estimate of drug-likeness (QED) is 0.255. The van der Waals surface area contributed by atoms with Gasteiger partial charge in [0.2, 0.25) is 5.88 Å².